The lowest BCUT2D eigenvalue weighted by atomic mass is 9.86. The van der Waals surface area contributed by atoms with Crippen LogP contribution < -0.4 is 5.32 Å². The molecular weight excluding hydrogens is 370 g/mol. The first-order chi connectivity index (χ1) is 14.0. The van der Waals surface area contributed by atoms with Crippen molar-refractivity contribution in [2.75, 3.05) is 39.3 Å². The Labute approximate surface area is 174 Å². The maximum absolute atomic E-state index is 12.5. The van der Waals surface area contributed by atoms with Gasteiger partial charge in [-0.3, -0.25) is 14.6 Å². The van der Waals surface area contributed by atoms with Crippen LogP contribution in [0.4, 0.5) is 0 Å². The number of ether oxygens (including phenoxy) is 1. The summed E-state index contributed by atoms with van der Waals surface area (Å²) in [7, 11) is 0. The molecule has 29 heavy (non-hydrogen) atoms. The molecule has 1 aromatic heterocycles. The van der Waals surface area contributed by atoms with Crippen LogP contribution >= 0.6 is 0 Å². The fraction of sp³-hybridized carbons (Fsp3) is 0.857. The molecule has 1 aliphatic heterocycles. The molecule has 1 N–H and O–H groups in total. The molecule has 0 bridgehead atoms. The standard InChI is InChI=1S/C21H37N5O3/c1-4-28-17(3)21-23-20(29-24-21)15-26-11-7-10-25(12-13-26)14-19(27)22-18-9-6-5-8-16(18)2/h16-18H,4-15H2,1-3H3,(H,22,27)/t16-,17-,18-/m1/s1. The van der Waals surface area contributed by atoms with Crippen LogP contribution in [-0.4, -0.2) is 71.2 Å². The number of rotatable bonds is 8. The van der Waals surface area contributed by atoms with Crippen molar-refractivity contribution in [3.63, 3.8) is 0 Å². The predicted octanol–water partition coefficient (Wildman–Crippen LogP) is 2.37. The second-order valence-electron chi connectivity index (χ2n) is 8.49. The number of hydrogen-bond acceptors (Lipinski definition) is 7. The highest BCUT2D eigenvalue weighted by atomic mass is 16.5. The normalized spacial score (nSPS) is 25.5. The Kier molecular flexibility index (Phi) is 8.44. The van der Waals surface area contributed by atoms with E-state index in [1.165, 1.54) is 19.3 Å². The summed E-state index contributed by atoms with van der Waals surface area (Å²) in [5.41, 5.74) is 0. The summed E-state index contributed by atoms with van der Waals surface area (Å²) >= 11 is 0. The van der Waals surface area contributed by atoms with Gasteiger partial charge < -0.3 is 14.6 Å². The van der Waals surface area contributed by atoms with Gasteiger partial charge in [0.25, 0.3) is 0 Å². The minimum absolute atomic E-state index is 0.150. The zero-order valence-corrected chi connectivity index (χ0v) is 18.2. The van der Waals surface area contributed by atoms with E-state index in [9.17, 15) is 4.79 Å². The number of carbonyl (C=O) groups excluding carboxylic acids is 1. The molecule has 1 aliphatic carbocycles. The fourth-order valence-electron chi connectivity index (χ4n) is 4.34. The van der Waals surface area contributed by atoms with E-state index < -0.39 is 0 Å². The molecular formula is C21H37N5O3. The van der Waals surface area contributed by atoms with Crippen LogP contribution in [0.15, 0.2) is 4.52 Å². The lowest BCUT2D eigenvalue weighted by Gasteiger charge is -2.30. The molecule has 1 amide bonds. The Hall–Kier alpha value is -1.51. The molecule has 2 fully saturated rings. The van der Waals surface area contributed by atoms with E-state index in [0.717, 1.165) is 39.0 Å². The van der Waals surface area contributed by atoms with Crippen molar-refractivity contribution in [1.29, 1.82) is 0 Å². The van der Waals surface area contributed by atoms with Crippen molar-refractivity contribution in [2.45, 2.75) is 71.6 Å². The molecule has 2 aliphatic rings. The van der Waals surface area contributed by atoms with Crippen molar-refractivity contribution >= 4 is 5.91 Å². The Morgan fingerprint density at radius 1 is 1.21 bits per heavy atom. The third kappa shape index (κ3) is 6.76. The van der Waals surface area contributed by atoms with Gasteiger partial charge in [-0.2, -0.15) is 4.98 Å². The molecule has 1 saturated heterocycles. The molecule has 8 heteroatoms. The summed E-state index contributed by atoms with van der Waals surface area (Å²) in [6.45, 7) is 11.6. The quantitative estimate of drug-likeness (QED) is 0.708. The molecule has 0 spiro atoms. The fourth-order valence-corrected chi connectivity index (χ4v) is 4.34. The number of hydrogen-bond donors (Lipinski definition) is 1. The van der Waals surface area contributed by atoms with Crippen LogP contribution in [0.1, 0.15) is 70.7 Å². The summed E-state index contributed by atoms with van der Waals surface area (Å²) in [6.07, 6.45) is 5.75. The van der Waals surface area contributed by atoms with Crippen molar-refractivity contribution < 1.29 is 14.1 Å². The Morgan fingerprint density at radius 3 is 2.76 bits per heavy atom. The highest BCUT2D eigenvalue weighted by Gasteiger charge is 2.24. The molecule has 0 aromatic carbocycles. The van der Waals surface area contributed by atoms with Crippen LogP contribution in [0.5, 0.6) is 0 Å². The zero-order chi connectivity index (χ0) is 20.6. The van der Waals surface area contributed by atoms with E-state index in [1.54, 1.807) is 0 Å². The number of nitrogens with zero attached hydrogens (tertiary/aromatic N) is 4. The molecule has 3 rings (SSSR count). The highest BCUT2D eigenvalue weighted by Crippen LogP contribution is 2.23. The number of amides is 1. The van der Waals surface area contributed by atoms with Crippen molar-refractivity contribution in [2.24, 2.45) is 5.92 Å². The summed E-state index contributed by atoms with van der Waals surface area (Å²) < 4.78 is 10.9. The largest absolute Gasteiger partial charge is 0.371 e. The van der Waals surface area contributed by atoms with Gasteiger partial charge in [0.05, 0.1) is 13.1 Å². The molecule has 164 valence electrons. The number of carbonyl (C=O) groups is 1. The van der Waals surface area contributed by atoms with Crippen LogP contribution in [0.25, 0.3) is 0 Å². The number of nitrogens with one attached hydrogen (secondary N) is 1. The topological polar surface area (TPSA) is 83.7 Å². The van der Waals surface area contributed by atoms with Gasteiger partial charge in [-0.15, -0.1) is 0 Å². The van der Waals surface area contributed by atoms with Gasteiger partial charge in [0.15, 0.2) is 5.82 Å². The first-order valence-electron chi connectivity index (χ1n) is 11.2. The van der Waals surface area contributed by atoms with E-state index in [1.807, 2.05) is 13.8 Å². The van der Waals surface area contributed by atoms with E-state index in [0.29, 0.717) is 43.4 Å². The van der Waals surface area contributed by atoms with Gasteiger partial charge in [-0.05, 0) is 52.1 Å². The molecule has 1 aromatic rings. The second kappa shape index (κ2) is 11.0. The zero-order valence-electron chi connectivity index (χ0n) is 18.2. The monoisotopic (exact) mass is 407 g/mol. The summed E-state index contributed by atoms with van der Waals surface area (Å²) in [5.74, 6) is 2.00. The van der Waals surface area contributed by atoms with Gasteiger partial charge >= 0.3 is 0 Å². The summed E-state index contributed by atoms with van der Waals surface area (Å²) in [4.78, 5) is 21.6. The van der Waals surface area contributed by atoms with Crippen LogP contribution in [0.3, 0.4) is 0 Å². The minimum Gasteiger partial charge on any atom is -0.371 e. The van der Waals surface area contributed by atoms with Crippen molar-refractivity contribution in [1.82, 2.24) is 25.3 Å². The SMILES string of the molecule is CCO[C@H](C)c1noc(CN2CCCN(CC(=O)N[C@@H]3CCCC[C@H]3C)CC2)n1. The third-order valence-electron chi connectivity index (χ3n) is 6.13. The predicted molar refractivity (Wildman–Crippen MR) is 110 cm³/mol. The van der Waals surface area contributed by atoms with E-state index in [2.05, 4.69) is 32.2 Å². The van der Waals surface area contributed by atoms with E-state index in [4.69, 9.17) is 9.26 Å². The number of aromatic nitrogens is 2. The van der Waals surface area contributed by atoms with Crippen molar-refractivity contribution in [3.8, 4) is 0 Å². The van der Waals surface area contributed by atoms with Gasteiger partial charge in [-0.1, -0.05) is 24.9 Å². The van der Waals surface area contributed by atoms with Gasteiger partial charge in [0.1, 0.15) is 6.10 Å². The first-order valence-corrected chi connectivity index (χ1v) is 11.2. The van der Waals surface area contributed by atoms with Crippen LogP contribution in [-0.2, 0) is 16.1 Å². The Morgan fingerprint density at radius 2 is 1.97 bits per heavy atom. The lowest BCUT2D eigenvalue weighted by Crippen LogP contribution is -2.46. The average molecular weight is 408 g/mol. The maximum Gasteiger partial charge on any atom is 0.240 e. The Balaban J connectivity index is 1.42. The second-order valence-corrected chi connectivity index (χ2v) is 8.49. The molecule has 1 saturated carbocycles. The maximum atomic E-state index is 12.5. The smallest absolute Gasteiger partial charge is 0.240 e. The lowest BCUT2D eigenvalue weighted by molar-refractivity contribution is -0.123. The van der Waals surface area contributed by atoms with Gasteiger partial charge in [0.2, 0.25) is 11.8 Å². The summed E-state index contributed by atoms with van der Waals surface area (Å²) in [6, 6.07) is 0.352. The Bertz CT molecular complexity index is 638. The minimum atomic E-state index is -0.150. The molecule has 2 heterocycles. The average Bonchev–Trinajstić information content (AvgIpc) is 3.05. The molecule has 0 radical (unpaired) electrons. The van der Waals surface area contributed by atoms with Gasteiger partial charge in [-0.25, -0.2) is 0 Å². The van der Waals surface area contributed by atoms with Crippen LogP contribution in [0.2, 0.25) is 0 Å². The third-order valence-corrected chi connectivity index (χ3v) is 6.13. The highest BCUT2D eigenvalue weighted by molar-refractivity contribution is 5.78. The molecule has 8 nitrogen and oxygen atoms in total. The van der Waals surface area contributed by atoms with Gasteiger partial charge in [0, 0.05) is 25.7 Å². The van der Waals surface area contributed by atoms with Crippen LogP contribution in [0, 0.1) is 5.92 Å². The molecule has 3 atom stereocenters. The first kappa shape index (κ1) is 22.2. The summed E-state index contributed by atoms with van der Waals surface area (Å²) in [5, 5.41) is 7.31. The van der Waals surface area contributed by atoms with E-state index >= 15 is 0 Å². The molecule has 0 unspecified atom stereocenters. The van der Waals surface area contributed by atoms with E-state index in [-0.39, 0.29) is 12.0 Å². The van der Waals surface area contributed by atoms with Crippen molar-refractivity contribution in [3.05, 3.63) is 11.7 Å².